The van der Waals surface area contributed by atoms with Gasteiger partial charge in [0.1, 0.15) is 6.23 Å². The molecule has 1 aliphatic heterocycles. The average molecular weight is 185 g/mol. The van der Waals surface area contributed by atoms with E-state index in [1.54, 1.807) is 0 Å². The highest BCUT2D eigenvalue weighted by Gasteiger charge is 2.20. The molecule has 0 bridgehead atoms. The zero-order valence-electron chi connectivity index (χ0n) is 9.09. The Morgan fingerprint density at radius 1 is 1.23 bits per heavy atom. The molecule has 1 heterocycles. The van der Waals surface area contributed by atoms with Gasteiger partial charge in [0, 0.05) is 6.54 Å². The van der Waals surface area contributed by atoms with Crippen molar-refractivity contribution in [3.8, 4) is 0 Å². The highest BCUT2D eigenvalue weighted by molar-refractivity contribution is 4.65. The van der Waals surface area contributed by atoms with Crippen LogP contribution in [0.3, 0.4) is 0 Å². The van der Waals surface area contributed by atoms with Gasteiger partial charge in [-0.15, -0.1) is 0 Å². The molecule has 0 aromatic heterocycles. The minimum atomic E-state index is 0.418. The van der Waals surface area contributed by atoms with E-state index in [1.165, 1.54) is 38.5 Å². The second kappa shape index (κ2) is 6.39. The van der Waals surface area contributed by atoms with Crippen molar-refractivity contribution < 1.29 is 4.74 Å². The maximum atomic E-state index is 5.60. The van der Waals surface area contributed by atoms with Crippen LogP contribution in [0.1, 0.15) is 45.4 Å². The minimum absolute atomic E-state index is 0.418. The lowest BCUT2D eigenvalue weighted by atomic mass is 10.1. The summed E-state index contributed by atoms with van der Waals surface area (Å²) in [6, 6.07) is 0. The summed E-state index contributed by atoms with van der Waals surface area (Å²) in [5, 5.41) is 0. The fourth-order valence-electron chi connectivity index (χ4n) is 1.83. The van der Waals surface area contributed by atoms with E-state index < -0.39 is 0 Å². The van der Waals surface area contributed by atoms with Crippen LogP contribution in [0.15, 0.2) is 0 Å². The summed E-state index contributed by atoms with van der Waals surface area (Å²) in [7, 11) is 2.16. The number of ether oxygens (including phenoxy) is 1. The Hall–Kier alpha value is -0.0800. The third kappa shape index (κ3) is 4.10. The van der Waals surface area contributed by atoms with E-state index >= 15 is 0 Å². The normalized spacial score (nSPS) is 24.0. The number of nitrogens with zero attached hydrogens (tertiary/aromatic N) is 1. The molecule has 2 nitrogen and oxygen atoms in total. The molecule has 0 aliphatic carbocycles. The molecule has 0 amide bonds. The van der Waals surface area contributed by atoms with Crippen LogP contribution < -0.4 is 0 Å². The number of hydrogen-bond donors (Lipinski definition) is 0. The van der Waals surface area contributed by atoms with E-state index in [0.717, 1.165) is 13.2 Å². The van der Waals surface area contributed by atoms with Gasteiger partial charge >= 0.3 is 0 Å². The van der Waals surface area contributed by atoms with Gasteiger partial charge in [0.25, 0.3) is 0 Å². The predicted molar refractivity (Wildman–Crippen MR) is 55.7 cm³/mol. The Morgan fingerprint density at radius 2 is 2.00 bits per heavy atom. The monoisotopic (exact) mass is 185 g/mol. The van der Waals surface area contributed by atoms with Crippen LogP contribution in [0, 0.1) is 0 Å². The second-order valence-corrected chi connectivity index (χ2v) is 4.01. The van der Waals surface area contributed by atoms with E-state index in [2.05, 4.69) is 18.9 Å². The summed E-state index contributed by atoms with van der Waals surface area (Å²) in [5.41, 5.74) is 0. The van der Waals surface area contributed by atoms with Gasteiger partial charge in [0.2, 0.25) is 0 Å². The highest BCUT2D eigenvalue weighted by atomic mass is 16.5. The second-order valence-electron chi connectivity index (χ2n) is 4.01. The van der Waals surface area contributed by atoms with Crippen molar-refractivity contribution >= 4 is 0 Å². The number of rotatable bonds is 6. The van der Waals surface area contributed by atoms with Crippen molar-refractivity contribution in [2.24, 2.45) is 0 Å². The molecule has 0 saturated carbocycles. The van der Waals surface area contributed by atoms with Gasteiger partial charge in [0.15, 0.2) is 0 Å². The first-order chi connectivity index (χ1) is 6.34. The molecule has 13 heavy (non-hydrogen) atoms. The summed E-state index contributed by atoms with van der Waals surface area (Å²) in [6.45, 7) is 4.30. The van der Waals surface area contributed by atoms with Gasteiger partial charge in [-0.2, -0.15) is 0 Å². The molecule has 1 aliphatic rings. The molecule has 78 valence electrons. The molecule has 1 atom stereocenters. The van der Waals surface area contributed by atoms with E-state index in [0.29, 0.717) is 6.23 Å². The van der Waals surface area contributed by atoms with Crippen molar-refractivity contribution in [3.05, 3.63) is 0 Å². The van der Waals surface area contributed by atoms with Crippen molar-refractivity contribution in [2.75, 3.05) is 20.2 Å². The Bertz CT molecular complexity index is 127. The third-order valence-corrected chi connectivity index (χ3v) is 2.80. The summed E-state index contributed by atoms with van der Waals surface area (Å²) in [4.78, 5) is 2.32. The number of likely N-dealkylation sites (N-methyl/N-ethyl adjacent to an activating group) is 1. The molecule has 0 aromatic rings. The van der Waals surface area contributed by atoms with E-state index in [-0.39, 0.29) is 0 Å². The Balaban J connectivity index is 1.93. The molecule has 2 heteroatoms. The van der Waals surface area contributed by atoms with Crippen molar-refractivity contribution in [3.63, 3.8) is 0 Å². The van der Waals surface area contributed by atoms with Crippen LogP contribution in [-0.2, 0) is 4.74 Å². The Labute approximate surface area is 82.3 Å². The first-order valence-corrected chi connectivity index (χ1v) is 5.66. The Kier molecular flexibility index (Phi) is 5.40. The van der Waals surface area contributed by atoms with Gasteiger partial charge in [-0.3, -0.25) is 4.90 Å². The standard InChI is InChI=1S/C11H23NO/c1-3-4-5-6-7-8-11-12(2)9-10-13-11/h11H,3-10H2,1-2H3/t11-/m1/s1. The first-order valence-electron chi connectivity index (χ1n) is 5.66. The zero-order chi connectivity index (χ0) is 9.52. The summed E-state index contributed by atoms with van der Waals surface area (Å²) in [5.74, 6) is 0. The van der Waals surface area contributed by atoms with Crippen LogP contribution in [0.25, 0.3) is 0 Å². The van der Waals surface area contributed by atoms with Crippen LogP contribution in [0.5, 0.6) is 0 Å². The van der Waals surface area contributed by atoms with Gasteiger partial charge in [-0.1, -0.05) is 32.6 Å². The van der Waals surface area contributed by atoms with Crippen LogP contribution in [-0.4, -0.2) is 31.3 Å². The first kappa shape index (κ1) is 11.0. The predicted octanol–water partition coefficient (Wildman–Crippen LogP) is 2.64. The zero-order valence-corrected chi connectivity index (χ0v) is 9.09. The topological polar surface area (TPSA) is 12.5 Å². The molecule has 1 saturated heterocycles. The molecular weight excluding hydrogens is 162 g/mol. The molecule has 0 spiro atoms. The van der Waals surface area contributed by atoms with E-state index in [1.807, 2.05) is 0 Å². The fraction of sp³-hybridized carbons (Fsp3) is 1.00. The SMILES string of the molecule is CCCCCCC[C@H]1OCCN1C. The van der Waals surface area contributed by atoms with Crippen LogP contribution >= 0.6 is 0 Å². The number of hydrogen-bond acceptors (Lipinski definition) is 2. The lowest BCUT2D eigenvalue weighted by Gasteiger charge is -2.17. The molecule has 1 rings (SSSR count). The third-order valence-electron chi connectivity index (χ3n) is 2.80. The average Bonchev–Trinajstić information content (AvgIpc) is 2.52. The molecule has 0 radical (unpaired) electrons. The fourth-order valence-corrected chi connectivity index (χ4v) is 1.83. The van der Waals surface area contributed by atoms with E-state index in [4.69, 9.17) is 4.74 Å². The molecule has 0 N–H and O–H groups in total. The van der Waals surface area contributed by atoms with Crippen molar-refractivity contribution in [1.29, 1.82) is 0 Å². The molecule has 1 fully saturated rings. The molecular formula is C11H23NO. The van der Waals surface area contributed by atoms with Gasteiger partial charge in [0.05, 0.1) is 6.61 Å². The van der Waals surface area contributed by atoms with Crippen LogP contribution in [0.4, 0.5) is 0 Å². The lowest BCUT2D eigenvalue weighted by Crippen LogP contribution is -2.25. The highest BCUT2D eigenvalue weighted by Crippen LogP contribution is 2.15. The van der Waals surface area contributed by atoms with Gasteiger partial charge in [-0.05, 0) is 19.9 Å². The minimum Gasteiger partial charge on any atom is -0.362 e. The van der Waals surface area contributed by atoms with Gasteiger partial charge < -0.3 is 4.74 Å². The summed E-state index contributed by atoms with van der Waals surface area (Å²) < 4.78 is 5.60. The molecule has 0 aromatic carbocycles. The Morgan fingerprint density at radius 3 is 2.62 bits per heavy atom. The number of unbranched alkanes of at least 4 members (excludes halogenated alkanes) is 4. The summed E-state index contributed by atoms with van der Waals surface area (Å²) >= 11 is 0. The van der Waals surface area contributed by atoms with Crippen molar-refractivity contribution in [1.82, 2.24) is 4.90 Å². The van der Waals surface area contributed by atoms with Crippen LogP contribution in [0.2, 0.25) is 0 Å². The smallest absolute Gasteiger partial charge is 0.110 e. The summed E-state index contributed by atoms with van der Waals surface area (Å²) in [6.07, 6.45) is 8.46. The quantitative estimate of drug-likeness (QED) is 0.590. The molecule has 0 unspecified atom stereocenters. The van der Waals surface area contributed by atoms with Gasteiger partial charge in [-0.25, -0.2) is 0 Å². The van der Waals surface area contributed by atoms with E-state index in [9.17, 15) is 0 Å². The lowest BCUT2D eigenvalue weighted by molar-refractivity contribution is 0.0372. The maximum absolute atomic E-state index is 5.60. The largest absolute Gasteiger partial charge is 0.362 e. The maximum Gasteiger partial charge on any atom is 0.110 e. The van der Waals surface area contributed by atoms with Crippen molar-refractivity contribution in [2.45, 2.75) is 51.7 Å².